The molecular weight excluding hydrogens is 413 g/mol. The van der Waals surface area contributed by atoms with Crippen LogP contribution in [0.1, 0.15) is 51.8 Å². The van der Waals surface area contributed by atoms with Crippen molar-refractivity contribution in [2.24, 2.45) is 11.7 Å². The number of rotatable bonds is 5. The van der Waals surface area contributed by atoms with E-state index in [2.05, 4.69) is 5.32 Å². The first-order valence-electron chi connectivity index (χ1n) is 10.8. The van der Waals surface area contributed by atoms with E-state index >= 15 is 0 Å². The standard InChI is InChI=1S/C24H30FN3O4/c1-22(2,3)32-21(29)28-23(4)13-31-20-17(23)11-18(24(30,12-26)15-7-8-15)27-19(20)14-5-9-16(25)10-6-14/h5-6,9-11,15,30H,7-8,12-13,26H2,1-4H3,(H,28,29)/t23-,24+/m0/s1. The van der Waals surface area contributed by atoms with Crippen molar-refractivity contribution in [1.29, 1.82) is 0 Å². The third-order valence-corrected chi connectivity index (χ3v) is 5.97. The predicted molar refractivity (Wildman–Crippen MR) is 118 cm³/mol. The summed E-state index contributed by atoms with van der Waals surface area (Å²) in [7, 11) is 0. The number of aliphatic hydroxyl groups is 1. The molecule has 0 spiro atoms. The van der Waals surface area contributed by atoms with Crippen LogP contribution < -0.4 is 15.8 Å². The predicted octanol–water partition coefficient (Wildman–Crippen LogP) is 3.58. The van der Waals surface area contributed by atoms with E-state index in [1.165, 1.54) is 12.1 Å². The first-order chi connectivity index (χ1) is 14.9. The van der Waals surface area contributed by atoms with E-state index in [-0.39, 0.29) is 24.9 Å². The number of aromatic nitrogens is 1. The van der Waals surface area contributed by atoms with Crippen molar-refractivity contribution < 1.29 is 23.8 Å². The summed E-state index contributed by atoms with van der Waals surface area (Å²) >= 11 is 0. The van der Waals surface area contributed by atoms with E-state index in [9.17, 15) is 14.3 Å². The van der Waals surface area contributed by atoms with E-state index in [4.69, 9.17) is 20.2 Å². The molecule has 172 valence electrons. The van der Waals surface area contributed by atoms with Crippen molar-refractivity contribution in [2.45, 2.75) is 57.3 Å². The summed E-state index contributed by atoms with van der Waals surface area (Å²) in [6.45, 7) is 7.38. The highest BCUT2D eigenvalue weighted by molar-refractivity contribution is 5.74. The zero-order valence-corrected chi connectivity index (χ0v) is 18.9. The summed E-state index contributed by atoms with van der Waals surface area (Å²) in [6, 6.07) is 7.68. The Morgan fingerprint density at radius 1 is 1.34 bits per heavy atom. The van der Waals surface area contributed by atoms with Crippen LogP contribution in [-0.4, -0.2) is 34.9 Å². The van der Waals surface area contributed by atoms with Crippen molar-refractivity contribution in [3.63, 3.8) is 0 Å². The van der Waals surface area contributed by atoms with Gasteiger partial charge in [-0.3, -0.25) is 0 Å². The quantitative estimate of drug-likeness (QED) is 0.652. The van der Waals surface area contributed by atoms with E-state index in [0.717, 1.165) is 12.8 Å². The Labute approximate surface area is 187 Å². The number of alkyl carbamates (subject to hydrolysis) is 1. The Bertz CT molecular complexity index is 1030. The van der Waals surface area contributed by atoms with Gasteiger partial charge in [0.1, 0.15) is 34.9 Å². The third-order valence-electron chi connectivity index (χ3n) is 5.97. The molecule has 7 nitrogen and oxygen atoms in total. The molecule has 0 bridgehead atoms. The van der Waals surface area contributed by atoms with Gasteiger partial charge >= 0.3 is 6.09 Å². The highest BCUT2D eigenvalue weighted by atomic mass is 19.1. The number of carbonyl (C=O) groups is 1. The Hall–Kier alpha value is -2.71. The zero-order valence-electron chi connectivity index (χ0n) is 18.9. The van der Waals surface area contributed by atoms with Gasteiger partial charge in [-0.1, -0.05) is 0 Å². The lowest BCUT2D eigenvalue weighted by Gasteiger charge is -2.30. The summed E-state index contributed by atoms with van der Waals surface area (Å²) < 4.78 is 25.0. The summed E-state index contributed by atoms with van der Waals surface area (Å²) in [5, 5.41) is 14.3. The Balaban J connectivity index is 1.82. The number of benzene rings is 1. The van der Waals surface area contributed by atoms with Crippen LogP contribution in [0, 0.1) is 11.7 Å². The van der Waals surface area contributed by atoms with E-state index in [0.29, 0.717) is 28.3 Å². The summed E-state index contributed by atoms with van der Waals surface area (Å²) in [5.41, 5.74) is 5.33. The molecule has 1 aromatic carbocycles. The van der Waals surface area contributed by atoms with Gasteiger partial charge in [-0.2, -0.15) is 0 Å². The lowest BCUT2D eigenvalue weighted by molar-refractivity contribution is 0.0179. The molecule has 1 amide bonds. The van der Waals surface area contributed by atoms with Gasteiger partial charge in [-0.05, 0) is 76.8 Å². The topological polar surface area (TPSA) is 107 Å². The van der Waals surface area contributed by atoms with Crippen LogP contribution in [0.3, 0.4) is 0 Å². The highest BCUT2D eigenvalue weighted by Gasteiger charge is 2.48. The highest BCUT2D eigenvalue weighted by Crippen LogP contribution is 2.49. The minimum absolute atomic E-state index is 0.0172. The zero-order chi connectivity index (χ0) is 23.3. The molecule has 2 aliphatic rings. The van der Waals surface area contributed by atoms with Crippen molar-refractivity contribution in [3.05, 3.63) is 47.4 Å². The number of halogens is 1. The maximum atomic E-state index is 13.5. The number of nitrogens with one attached hydrogen (secondary N) is 1. The van der Waals surface area contributed by atoms with Gasteiger partial charge < -0.3 is 25.6 Å². The molecule has 2 atom stereocenters. The molecule has 0 radical (unpaired) electrons. The smallest absolute Gasteiger partial charge is 0.408 e. The first-order valence-corrected chi connectivity index (χ1v) is 10.8. The van der Waals surface area contributed by atoms with Gasteiger partial charge in [0.05, 0.1) is 5.69 Å². The van der Waals surface area contributed by atoms with Gasteiger partial charge in [0.2, 0.25) is 0 Å². The second-order valence-corrected chi connectivity index (χ2v) is 9.89. The monoisotopic (exact) mass is 443 g/mol. The fourth-order valence-corrected chi connectivity index (χ4v) is 4.08. The second-order valence-electron chi connectivity index (χ2n) is 9.89. The number of pyridine rings is 1. The molecule has 1 aliphatic carbocycles. The number of ether oxygens (including phenoxy) is 2. The number of nitrogens with zero attached hydrogens (tertiary/aromatic N) is 1. The van der Waals surface area contributed by atoms with Crippen molar-refractivity contribution in [1.82, 2.24) is 10.3 Å². The van der Waals surface area contributed by atoms with Crippen molar-refractivity contribution >= 4 is 6.09 Å². The molecule has 1 saturated carbocycles. The van der Waals surface area contributed by atoms with E-state index in [1.807, 2.05) is 6.92 Å². The molecule has 0 unspecified atom stereocenters. The average molecular weight is 444 g/mol. The van der Waals surface area contributed by atoms with Crippen molar-refractivity contribution in [3.8, 4) is 17.0 Å². The summed E-state index contributed by atoms with van der Waals surface area (Å²) in [6.07, 6.45) is 1.15. The second kappa shape index (κ2) is 7.71. The molecule has 1 fully saturated rings. The summed E-state index contributed by atoms with van der Waals surface area (Å²) in [5.74, 6) is 0.135. The molecule has 1 aliphatic heterocycles. The van der Waals surface area contributed by atoms with Gasteiger partial charge in [-0.25, -0.2) is 14.2 Å². The molecule has 1 aromatic heterocycles. The first kappa shape index (κ1) is 22.5. The molecule has 2 aromatic rings. The third kappa shape index (κ3) is 4.17. The van der Waals surface area contributed by atoms with Crippen LogP contribution in [-0.2, 0) is 15.9 Å². The number of hydrogen-bond acceptors (Lipinski definition) is 6. The van der Waals surface area contributed by atoms with Gasteiger partial charge in [0, 0.05) is 17.7 Å². The van der Waals surface area contributed by atoms with Gasteiger partial charge in [0.15, 0.2) is 5.75 Å². The molecule has 32 heavy (non-hydrogen) atoms. The van der Waals surface area contributed by atoms with Crippen LogP contribution in [0.5, 0.6) is 5.75 Å². The van der Waals surface area contributed by atoms with Gasteiger partial charge in [0.25, 0.3) is 0 Å². The Morgan fingerprint density at radius 3 is 2.56 bits per heavy atom. The van der Waals surface area contributed by atoms with Crippen molar-refractivity contribution in [2.75, 3.05) is 13.2 Å². The fourth-order valence-electron chi connectivity index (χ4n) is 4.08. The maximum absolute atomic E-state index is 13.5. The molecule has 0 saturated heterocycles. The van der Waals surface area contributed by atoms with Crippen LogP contribution >= 0.6 is 0 Å². The number of fused-ring (bicyclic) bond motifs is 1. The van der Waals surface area contributed by atoms with Crippen LogP contribution in [0.15, 0.2) is 30.3 Å². The maximum Gasteiger partial charge on any atom is 0.408 e. The van der Waals surface area contributed by atoms with Gasteiger partial charge in [-0.15, -0.1) is 0 Å². The lowest BCUT2D eigenvalue weighted by atomic mass is 9.87. The minimum atomic E-state index is -1.29. The summed E-state index contributed by atoms with van der Waals surface area (Å²) in [4.78, 5) is 17.3. The normalized spacial score (nSPS) is 22.0. The average Bonchev–Trinajstić information content (AvgIpc) is 3.51. The molecular formula is C24H30FN3O4. The fraction of sp³-hybridized carbons (Fsp3) is 0.500. The molecule has 2 heterocycles. The van der Waals surface area contributed by atoms with Crippen LogP contribution in [0.2, 0.25) is 0 Å². The van der Waals surface area contributed by atoms with E-state index in [1.54, 1.807) is 39.0 Å². The SMILES string of the molecule is CC(C)(C)OC(=O)N[C@@]1(C)COc2c1cc([C@@](O)(CN)C1CC1)nc2-c1ccc(F)cc1. The molecule has 8 heteroatoms. The van der Waals surface area contributed by atoms with E-state index < -0.39 is 22.8 Å². The number of nitrogens with two attached hydrogens (primary N) is 1. The Morgan fingerprint density at radius 2 is 2.00 bits per heavy atom. The number of hydrogen-bond donors (Lipinski definition) is 3. The largest absolute Gasteiger partial charge is 0.488 e. The molecule has 4 N–H and O–H groups in total. The van der Waals surface area contributed by atoms with Crippen LogP contribution in [0.25, 0.3) is 11.3 Å². The number of carbonyl (C=O) groups excluding carboxylic acids is 1. The minimum Gasteiger partial charge on any atom is -0.488 e. The molecule has 4 rings (SSSR count). The lowest BCUT2D eigenvalue weighted by Crippen LogP contribution is -2.47. The van der Waals surface area contributed by atoms with Crippen LogP contribution in [0.4, 0.5) is 9.18 Å². The Kier molecular flexibility index (Phi) is 5.41. The number of amides is 1.